The second kappa shape index (κ2) is 3.10. The van der Waals surface area contributed by atoms with E-state index in [1.54, 1.807) is 6.92 Å². The molecule has 0 fully saturated rings. The van der Waals surface area contributed by atoms with Crippen molar-refractivity contribution in [1.29, 1.82) is 0 Å². The minimum absolute atomic E-state index is 0.165. The molecule has 0 N–H and O–H groups in total. The minimum atomic E-state index is -0.165. The van der Waals surface area contributed by atoms with Crippen LogP contribution >= 0.6 is 21.7 Å². The summed E-state index contributed by atoms with van der Waals surface area (Å²) >= 11 is 0. The Hall–Kier alpha value is 0.0500. The Morgan fingerprint density at radius 3 is 2.29 bits per heavy atom. The standard InChI is InChI=1S/C4H5ClOS/c1-3(2)4(6)7-5/h1H2,2H3. The topological polar surface area (TPSA) is 17.1 Å². The number of hydrogen-bond acceptors (Lipinski definition) is 2. The van der Waals surface area contributed by atoms with Crippen molar-refractivity contribution in [3.63, 3.8) is 0 Å². The molecule has 40 valence electrons. The SMILES string of the molecule is C=C(C)C(=O)SCl. The Balaban J connectivity index is 3.58. The van der Waals surface area contributed by atoms with Gasteiger partial charge in [0.25, 0.3) is 0 Å². The van der Waals surface area contributed by atoms with Gasteiger partial charge in [-0.3, -0.25) is 4.79 Å². The Labute approximate surface area is 51.2 Å². The quantitative estimate of drug-likeness (QED) is 0.513. The van der Waals surface area contributed by atoms with Crippen molar-refractivity contribution in [2.45, 2.75) is 6.92 Å². The fraction of sp³-hybridized carbons (Fsp3) is 0.250. The highest BCUT2D eigenvalue weighted by atomic mass is 35.7. The third-order valence-electron chi connectivity index (χ3n) is 0.419. The molecule has 0 unspecified atom stereocenters. The molecule has 0 aromatic rings. The summed E-state index contributed by atoms with van der Waals surface area (Å²) in [6, 6.07) is 0. The van der Waals surface area contributed by atoms with Gasteiger partial charge in [0.05, 0.1) is 0 Å². The predicted octanol–water partition coefficient (Wildman–Crippen LogP) is 1.98. The summed E-state index contributed by atoms with van der Waals surface area (Å²) in [6.07, 6.45) is 0. The molecule has 7 heavy (non-hydrogen) atoms. The minimum Gasteiger partial charge on any atom is -0.281 e. The lowest BCUT2D eigenvalue weighted by Crippen LogP contribution is -1.85. The van der Waals surface area contributed by atoms with Gasteiger partial charge in [-0.1, -0.05) is 6.58 Å². The third-order valence-corrected chi connectivity index (χ3v) is 1.33. The normalized spacial score (nSPS) is 8.29. The van der Waals surface area contributed by atoms with Crippen LogP contribution in [-0.4, -0.2) is 5.12 Å². The van der Waals surface area contributed by atoms with Crippen LogP contribution in [0.25, 0.3) is 0 Å². The highest BCUT2D eigenvalue weighted by Gasteiger charge is 1.97. The second-order valence-electron chi connectivity index (χ2n) is 1.14. The van der Waals surface area contributed by atoms with Crippen molar-refractivity contribution < 1.29 is 4.79 Å². The van der Waals surface area contributed by atoms with E-state index >= 15 is 0 Å². The summed E-state index contributed by atoms with van der Waals surface area (Å²) in [5.74, 6) is 0. The summed E-state index contributed by atoms with van der Waals surface area (Å²) in [7, 11) is 5.72. The summed E-state index contributed by atoms with van der Waals surface area (Å²) in [5, 5.41) is -0.165. The summed E-state index contributed by atoms with van der Waals surface area (Å²) < 4.78 is 0. The van der Waals surface area contributed by atoms with Crippen LogP contribution < -0.4 is 0 Å². The van der Waals surface area contributed by atoms with Gasteiger partial charge in [-0.25, -0.2) is 0 Å². The van der Waals surface area contributed by atoms with E-state index in [0.29, 0.717) is 16.5 Å². The molecule has 0 radical (unpaired) electrons. The van der Waals surface area contributed by atoms with Crippen molar-refractivity contribution in [2.24, 2.45) is 0 Å². The maximum absolute atomic E-state index is 10.2. The van der Waals surface area contributed by atoms with Crippen LogP contribution in [0.15, 0.2) is 12.2 Å². The monoisotopic (exact) mass is 136 g/mol. The fourth-order valence-electron chi connectivity index (χ4n) is 0.0659. The number of carbonyl (C=O) groups excluding carboxylic acids is 1. The molecule has 0 heterocycles. The number of carbonyl (C=O) groups is 1. The first-order valence-corrected chi connectivity index (χ1v) is 3.31. The summed E-state index contributed by atoms with van der Waals surface area (Å²) in [5.41, 5.74) is 0.486. The van der Waals surface area contributed by atoms with E-state index in [1.165, 1.54) is 0 Å². The molecular weight excluding hydrogens is 132 g/mol. The molecule has 1 nitrogen and oxygen atoms in total. The van der Waals surface area contributed by atoms with Crippen LogP contribution in [0.3, 0.4) is 0 Å². The van der Waals surface area contributed by atoms with Gasteiger partial charge in [-0.05, 0) is 23.2 Å². The van der Waals surface area contributed by atoms with Gasteiger partial charge in [0.1, 0.15) is 0 Å². The molecule has 0 amide bonds. The van der Waals surface area contributed by atoms with Gasteiger partial charge < -0.3 is 0 Å². The molecule has 0 aliphatic carbocycles. The largest absolute Gasteiger partial charge is 0.281 e. The van der Waals surface area contributed by atoms with Gasteiger partial charge in [0.2, 0.25) is 5.12 Å². The number of hydrogen-bond donors (Lipinski definition) is 0. The molecule has 0 saturated carbocycles. The molecular formula is C4H5ClOS. The average Bonchev–Trinajstić information content (AvgIpc) is 1.65. The fourth-order valence-corrected chi connectivity index (χ4v) is 0.593. The highest BCUT2D eigenvalue weighted by molar-refractivity contribution is 8.33. The molecule has 0 aromatic heterocycles. The molecule has 0 aliphatic heterocycles. The lowest BCUT2D eigenvalue weighted by Gasteiger charge is -1.84. The maximum Gasteiger partial charge on any atom is 0.229 e. The molecule has 0 spiro atoms. The van der Waals surface area contributed by atoms with E-state index in [4.69, 9.17) is 10.7 Å². The van der Waals surface area contributed by atoms with Crippen molar-refractivity contribution in [3.05, 3.63) is 12.2 Å². The zero-order chi connectivity index (χ0) is 5.86. The Morgan fingerprint density at radius 1 is 1.86 bits per heavy atom. The van der Waals surface area contributed by atoms with Crippen LogP contribution in [0, 0.1) is 0 Å². The van der Waals surface area contributed by atoms with Crippen molar-refractivity contribution in [1.82, 2.24) is 0 Å². The average molecular weight is 137 g/mol. The summed E-state index contributed by atoms with van der Waals surface area (Å²) in [4.78, 5) is 10.2. The Morgan fingerprint density at radius 2 is 2.29 bits per heavy atom. The van der Waals surface area contributed by atoms with Crippen LogP contribution in [0.1, 0.15) is 6.92 Å². The van der Waals surface area contributed by atoms with Crippen molar-refractivity contribution in [2.75, 3.05) is 0 Å². The van der Waals surface area contributed by atoms with Crippen molar-refractivity contribution in [3.8, 4) is 0 Å². The van der Waals surface area contributed by atoms with Gasteiger partial charge in [0, 0.05) is 11.0 Å². The first-order valence-electron chi connectivity index (χ1n) is 1.67. The maximum atomic E-state index is 10.2. The van der Waals surface area contributed by atoms with Crippen LogP contribution in [0.2, 0.25) is 0 Å². The number of halogens is 1. The summed E-state index contributed by atoms with van der Waals surface area (Å²) in [6.45, 7) is 4.99. The second-order valence-corrected chi connectivity index (χ2v) is 2.13. The molecule has 0 bridgehead atoms. The van der Waals surface area contributed by atoms with Gasteiger partial charge in [-0.15, -0.1) is 0 Å². The van der Waals surface area contributed by atoms with Crippen LogP contribution in [0.5, 0.6) is 0 Å². The van der Waals surface area contributed by atoms with E-state index in [2.05, 4.69) is 6.58 Å². The highest BCUT2D eigenvalue weighted by Crippen LogP contribution is 2.11. The van der Waals surface area contributed by atoms with E-state index in [-0.39, 0.29) is 5.12 Å². The van der Waals surface area contributed by atoms with Gasteiger partial charge >= 0.3 is 0 Å². The first kappa shape index (κ1) is 7.05. The molecule has 0 aromatic carbocycles. The lowest BCUT2D eigenvalue weighted by atomic mass is 10.4. The molecule has 0 rings (SSSR count). The molecule has 0 atom stereocenters. The van der Waals surface area contributed by atoms with Crippen LogP contribution in [0.4, 0.5) is 0 Å². The molecule has 0 aliphatic rings. The van der Waals surface area contributed by atoms with Gasteiger partial charge in [-0.2, -0.15) is 0 Å². The molecule has 0 saturated heterocycles. The smallest absolute Gasteiger partial charge is 0.229 e. The number of rotatable bonds is 1. The zero-order valence-electron chi connectivity index (χ0n) is 3.90. The first-order chi connectivity index (χ1) is 3.18. The van der Waals surface area contributed by atoms with Gasteiger partial charge in [0.15, 0.2) is 0 Å². The Kier molecular flexibility index (Phi) is 3.13. The predicted molar refractivity (Wildman–Crippen MR) is 33.3 cm³/mol. The Bertz CT molecular complexity index is 99.9. The lowest BCUT2D eigenvalue weighted by molar-refractivity contribution is -0.107. The van der Waals surface area contributed by atoms with Crippen LogP contribution in [-0.2, 0) is 4.79 Å². The van der Waals surface area contributed by atoms with Crippen molar-refractivity contribution >= 4 is 26.8 Å². The molecule has 3 heteroatoms. The van der Waals surface area contributed by atoms with E-state index in [9.17, 15) is 4.79 Å². The third kappa shape index (κ3) is 2.71. The van der Waals surface area contributed by atoms with E-state index in [1.807, 2.05) is 0 Å². The zero-order valence-corrected chi connectivity index (χ0v) is 5.47. The van der Waals surface area contributed by atoms with E-state index in [0.717, 1.165) is 0 Å². The van der Waals surface area contributed by atoms with E-state index < -0.39 is 0 Å².